The number of esters is 1. The van der Waals surface area contributed by atoms with Crippen molar-refractivity contribution in [2.24, 2.45) is 5.41 Å². The van der Waals surface area contributed by atoms with E-state index in [1.807, 2.05) is 12.1 Å². The predicted octanol–water partition coefficient (Wildman–Crippen LogP) is 2.87. The zero-order valence-electron chi connectivity index (χ0n) is 9.62. The molecule has 1 aliphatic carbocycles. The Labute approximate surface area is 109 Å². The van der Waals surface area contributed by atoms with E-state index in [4.69, 9.17) is 4.74 Å². The van der Waals surface area contributed by atoms with E-state index >= 15 is 0 Å². The van der Waals surface area contributed by atoms with E-state index in [-0.39, 0.29) is 17.5 Å². The zero-order valence-corrected chi connectivity index (χ0v) is 11.2. The minimum Gasteiger partial charge on any atom is -0.461 e. The van der Waals surface area contributed by atoms with Crippen LogP contribution in [0.15, 0.2) is 24.3 Å². The van der Waals surface area contributed by atoms with Crippen LogP contribution in [0.25, 0.3) is 0 Å². The Kier molecular flexibility index (Phi) is 2.74. The fourth-order valence-corrected chi connectivity index (χ4v) is 3.45. The number of ether oxygens (including phenoxy) is 1. The van der Waals surface area contributed by atoms with Crippen LogP contribution < -0.4 is 0 Å². The van der Waals surface area contributed by atoms with Crippen molar-refractivity contribution in [3.05, 3.63) is 35.4 Å². The van der Waals surface area contributed by atoms with Crippen LogP contribution in [0, 0.1) is 5.41 Å². The van der Waals surface area contributed by atoms with Gasteiger partial charge in [-0.3, -0.25) is 4.79 Å². The van der Waals surface area contributed by atoms with Gasteiger partial charge in [0, 0.05) is 5.33 Å². The highest BCUT2D eigenvalue weighted by molar-refractivity contribution is 9.09. The van der Waals surface area contributed by atoms with Crippen LogP contribution >= 0.6 is 15.9 Å². The second-order valence-corrected chi connectivity index (χ2v) is 5.77. The van der Waals surface area contributed by atoms with Crippen molar-refractivity contribution in [2.75, 3.05) is 5.33 Å². The monoisotopic (exact) mass is 294 g/mol. The third-order valence-corrected chi connectivity index (χ3v) is 4.72. The fraction of sp³-hybridized carbons (Fsp3) is 0.500. The normalized spacial score (nSPS) is 25.7. The second kappa shape index (κ2) is 4.13. The number of hydrogen-bond acceptors (Lipinski definition) is 2. The second-order valence-electron chi connectivity index (χ2n) is 5.12. The summed E-state index contributed by atoms with van der Waals surface area (Å²) in [4.78, 5) is 12.2. The van der Waals surface area contributed by atoms with Crippen LogP contribution in [0.4, 0.5) is 0 Å². The molecule has 1 aliphatic heterocycles. The summed E-state index contributed by atoms with van der Waals surface area (Å²) in [5.74, 6) is 0.00407. The zero-order chi connectivity index (χ0) is 11.9. The van der Waals surface area contributed by atoms with Crippen molar-refractivity contribution in [3.63, 3.8) is 0 Å². The number of rotatable bonds is 1. The molecule has 1 spiro atoms. The van der Waals surface area contributed by atoms with E-state index in [9.17, 15) is 4.79 Å². The first-order chi connectivity index (χ1) is 8.23. The summed E-state index contributed by atoms with van der Waals surface area (Å²) in [6.07, 6.45) is 3.72. The average molecular weight is 295 g/mol. The van der Waals surface area contributed by atoms with Crippen molar-refractivity contribution in [3.8, 4) is 0 Å². The molecule has 1 aromatic rings. The minimum atomic E-state index is -0.262. The molecule has 1 aromatic carbocycles. The van der Waals surface area contributed by atoms with Crippen LogP contribution in [0.5, 0.6) is 0 Å². The number of fused-ring (bicyclic) bond motifs is 1. The summed E-state index contributed by atoms with van der Waals surface area (Å²) in [5.41, 5.74) is 2.38. The van der Waals surface area contributed by atoms with Gasteiger partial charge in [-0.2, -0.15) is 0 Å². The molecule has 90 valence electrons. The van der Waals surface area contributed by atoms with Gasteiger partial charge < -0.3 is 4.74 Å². The highest BCUT2D eigenvalue weighted by Gasteiger charge is 2.48. The molecule has 1 heterocycles. The number of cyclic esters (lactones) is 1. The molecule has 1 fully saturated rings. The van der Waals surface area contributed by atoms with Gasteiger partial charge in [0.2, 0.25) is 0 Å². The van der Waals surface area contributed by atoms with Crippen molar-refractivity contribution < 1.29 is 9.53 Å². The first-order valence-corrected chi connectivity index (χ1v) is 7.19. The van der Waals surface area contributed by atoms with Gasteiger partial charge in [-0.15, -0.1) is 0 Å². The molecule has 0 amide bonds. The SMILES string of the molecule is O=C1O[C@@H](CBr)CCC12Cc1ccccc1C2. The first-order valence-electron chi connectivity index (χ1n) is 6.07. The highest BCUT2D eigenvalue weighted by Crippen LogP contribution is 2.44. The molecule has 1 saturated heterocycles. The van der Waals surface area contributed by atoms with E-state index in [2.05, 4.69) is 28.1 Å². The van der Waals surface area contributed by atoms with Crippen LogP contribution in [-0.4, -0.2) is 17.4 Å². The van der Waals surface area contributed by atoms with Gasteiger partial charge in [0.25, 0.3) is 0 Å². The maximum atomic E-state index is 12.2. The van der Waals surface area contributed by atoms with Gasteiger partial charge in [0.1, 0.15) is 6.10 Å². The molecule has 17 heavy (non-hydrogen) atoms. The molecule has 1 atom stereocenters. The van der Waals surface area contributed by atoms with Crippen LogP contribution in [0.3, 0.4) is 0 Å². The van der Waals surface area contributed by atoms with E-state index in [1.54, 1.807) is 0 Å². The molecular formula is C14H15BrO2. The minimum absolute atomic E-state index is 0.00407. The Bertz CT molecular complexity index is 430. The lowest BCUT2D eigenvalue weighted by Crippen LogP contribution is -2.42. The quantitative estimate of drug-likeness (QED) is 0.588. The Morgan fingerprint density at radius 3 is 2.47 bits per heavy atom. The molecule has 3 heteroatoms. The lowest BCUT2D eigenvalue weighted by molar-refractivity contribution is -0.167. The summed E-state index contributed by atoms with van der Waals surface area (Å²) in [5, 5.41) is 0.752. The number of benzene rings is 1. The molecule has 0 saturated carbocycles. The van der Waals surface area contributed by atoms with Gasteiger partial charge in [-0.25, -0.2) is 0 Å². The maximum absolute atomic E-state index is 12.2. The van der Waals surface area contributed by atoms with Crippen LogP contribution in [0.2, 0.25) is 0 Å². The van der Waals surface area contributed by atoms with Gasteiger partial charge >= 0.3 is 5.97 Å². The third-order valence-electron chi connectivity index (χ3n) is 4.00. The molecule has 0 bridgehead atoms. The molecule has 3 rings (SSSR count). The maximum Gasteiger partial charge on any atom is 0.313 e. The smallest absolute Gasteiger partial charge is 0.313 e. The fourth-order valence-electron chi connectivity index (χ4n) is 3.00. The van der Waals surface area contributed by atoms with E-state index in [0.717, 1.165) is 31.0 Å². The van der Waals surface area contributed by atoms with Gasteiger partial charge in [-0.05, 0) is 36.8 Å². The Morgan fingerprint density at radius 2 is 1.94 bits per heavy atom. The lowest BCUT2D eigenvalue weighted by Gasteiger charge is -2.34. The number of halogens is 1. The summed E-state index contributed by atoms with van der Waals surface area (Å²) < 4.78 is 5.52. The number of alkyl halides is 1. The Balaban J connectivity index is 1.85. The van der Waals surface area contributed by atoms with Gasteiger partial charge in [0.05, 0.1) is 5.41 Å². The van der Waals surface area contributed by atoms with Crippen molar-refractivity contribution in [1.29, 1.82) is 0 Å². The van der Waals surface area contributed by atoms with Crippen molar-refractivity contribution >= 4 is 21.9 Å². The van der Waals surface area contributed by atoms with E-state index < -0.39 is 0 Å². The van der Waals surface area contributed by atoms with Crippen LogP contribution in [-0.2, 0) is 22.4 Å². The largest absolute Gasteiger partial charge is 0.461 e. The standard InChI is InChI=1S/C14H15BrO2/c15-9-12-5-6-14(13(16)17-12)7-10-3-1-2-4-11(10)8-14/h1-4,12H,5-9H2/t12-/m1/s1. The topological polar surface area (TPSA) is 26.3 Å². The lowest BCUT2D eigenvalue weighted by atomic mass is 9.78. The third kappa shape index (κ3) is 1.81. The number of hydrogen-bond donors (Lipinski definition) is 0. The molecule has 2 nitrogen and oxygen atoms in total. The Morgan fingerprint density at radius 1 is 1.29 bits per heavy atom. The van der Waals surface area contributed by atoms with Crippen LogP contribution in [0.1, 0.15) is 24.0 Å². The van der Waals surface area contributed by atoms with Gasteiger partial charge in [-0.1, -0.05) is 40.2 Å². The predicted molar refractivity (Wildman–Crippen MR) is 69.2 cm³/mol. The van der Waals surface area contributed by atoms with Crippen molar-refractivity contribution in [2.45, 2.75) is 31.8 Å². The Hall–Kier alpha value is -0.830. The summed E-state index contributed by atoms with van der Waals surface area (Å²) in [7, 11) is 0. The molecular weight excluding hydrogens is 280 g/mol. The van der Waals surface area contributed by atoms with E-state index in [1.165, 1.54) is 11.1 Å². The molecule has 0 aromatic heterocycles. The number of carbonyl (C=O) groups excluding carboxylic acids is 1. The summed E-state index contributed by atoms with van der Waals surface area (Å²) in [6.45, 7) is 0. The average Bonchev–Trinajstić information content (AvgIpc) is 2.72. The molecule has 0 unspecified atom stereocenters. The molecule has 2 aliphatic rings. The van der Waals surface area contributed by atoms with Crippen molar-refractivity contribution in [1.82, 2.24) is 0 Å². The summed E-state index contributed by atoms with van der Waals surface area (Å²) in [6, 6.07) is 8.36. The summed E-state index contributed by atoms with van der Waals surface area (Å²) >= 11 is 3.39. The highest BCUT2D eigenvalue weighted by atomic mass is 79.9. The van der Waals surface area contributed by atoms with E-state index in [0.29, 0.717) is 0 Å². The molecule has 0 N–H and O–H groups in total. The first kappa shape index (κ1) is 11.3. The van der Waals surface area contributed by atoms with Gasteiger partial charge in [0.15, 0.2) is 0 Å². The number of carbonyl (C=O) groups is 1. The molecule has 0 radical (unpaired) electrons.